The van der Waals surface area contributed by atoms with E-state index in [2.05, 4.69) is 41.1 Å². The Bertz CT molecular complexity index is 607. The van der Waals surface area contributed by atoms with Crippen molar-refractivity contribution in [1.29, 1.82) is 0 Å². The van der Waals surface area contributed by atoms with Crippen LogP contribution in [0.2, 0.25) is 0 Å². The number of rotatable bonds is 2. The summed E-state index contributed by atoms with van der Waals surface area (Å²) in [7, 11) is 0. The Morgan fingerprint density at radius 2 is 2.11 bits per heavy atom. The molecule has 1 aliphatic rings. The van der Waals surface area contributed by atoms with Crippen LogP contribution in [0.5, 0.6) is 0 Å². The second kappa shape index (κ2) is 4.67. The fraction of sp³-hybridized carbons (Fsp3) is 0.312. The zero-order valence-corrected chi connectivity index (χ0v) is 11.3. The molecule has 0 spiro atoms. The SMILES string of the molecule is Cc1cc([C@H](C)O)cnc1N1CCc2ccccc21. The van der Waals surface area contributed by atoms with Crippen LogP contribution in [0, 0.1) is 6.92 Å². The van der Waals surface area contributed by atoms with Gasteiger partial charge in [-0.2, -0.15) is 0 Å². The van der Waals surface area contributed by atoms with Gasteiger partial charge in [-0.3, -0.25) is 0 Å². The standard InChI is InChI=1S/C16H18N2O/c1-11-9-14(12(2)19)10-17-16(11)18-8-7-13-5-3-4-6-15(13)18/h3-6,9-10,12,19H,7-8H2,1-2H3/t12-/m0/s1. The van der Waals surface area contributed by atoms with Gasteiger partial charge in [0.1, 0.15) is 5.82 Å². The van der Waals surface area contributed by atoms with Gasteiger partial charge >= 0.3 is 0 Å². The summed E-state index contributed by atoms with van der Waals surface area (Å²) in [5.74, 6) is 0.995. The molecule has 2 aromatic rings. The number of pyridine rings is 1. The highest BCUT2D eigenvalue weighted by Crippen LogP contribution is 2.35. The van der Waals surface area contributed by atoms with Crippen LogP contribution in [0.4, 0.5) is 11.5 Å². The fourth-order valence-electron chi connectivity index (χ4n) is 2.66. The molecule has 1 atom stereocenters. The maximum Gasteiger partial charge on any atom is 0.135 e. The molecule has 3 rings (SSSR count). The molecule has 1 aliphatic heterocycles. The maximum atomic E-state index is 9.61. The number of benzene rings is 1. The van der Waals surface area contributed by atoms with Gasteiger partial charge in [-0.1, -0.05) is 18.2 Å². The van der Waals surface area contributed by atoms with E-state index < -0.39 is 6.10 Å². The number of fused-ring (bicyclic) bond motifs is 1. The molecule has 2 heterocycles. The summed E-state index contributed by atoms with van der Waals surface area (Å²) in [4.78, 5) is 6.81. The largest absolute Gasteiger partial charge is 0.389 e. The summed E-state index contributed by atoms with van der Waals surface area (Å²) in [6.45, 7) is 4.79. The summed E-state index contributed by atoms with van der Waals surface area (Å²) in [6.07, 6.45) is 2.37. The van der Waals surface area contributed by atoms with E-state index in [9.17, 15) is 5.11 Å². The lowest BCUT2D eigenvalue weighted by atomic mass is 10.1. The Kier molecular flexibility index (Phi) is 2.99. The molecule has 3 nitrogen and oxygen atoms in total. The Balaban J connectivity index is 2.00. The average molecular weight is 254 g/mol. The zero-order chi connectivity index (χ0) is 13.4. The highest BCUT2D eigenvalue weighted by atomic mass is 16.3. The molecule has 3 heteroatoms. The third kappa shape index (κ3) is 2.10. The summed E-state index contributed by atoms with van der Waals surface area (Å²) in [5.41, 5.74) is 4.61. The van der Waals surface area contributed by atoms with Crippen molar-refractivity contribution in [3.63, 3.8) is 0 Å². The second-order valence-corrected chi connectivity index (χ2v) is 5.12. The van der Waals surface area contributed by atoms with E-state index in [-0.39, 0.29) is 0 Å². The topological polar surface area (TPSA) is 36.4 Å². The third-order valence-electron chi connectivity index (χ3n) is 3.70. The molecule has 0 amide bonds. The minimum absolute atomic E-state index is 0.467. The van der Waals surface area contributed by atoms with Crippen LogP contribution in [-0.2, 0) is 6.42 Å². The maximum absolute atomic E-state index is 9.61. The van der Waals surface area contributed by atoms with E-state index in [1.165, 1.54) is 11.3 Å². The predicted octanol–water partition coefficient (Wildman–Crippen LogP) is 3.14. The van der Waals surface area contributed by atoms with Crippen LogP contribution in [-0.4, -0.2) is 16.6 Å². The van der Waals surface area contributed by atoms with Gasteiger partial charge < -0.3 is 10.0 Å². The Morgan fingerprint density at radius 1 is 1.32 bits per heavy atom. The summed E-state index contributed by atoms with van der Waals surface area (Å²) in [6, 6.07) is 10.5. The van der Waals surface area contributed by atoms with Crippen molar-refractivity contribution in [3.8, 4) is 0 Å². The van der Waals surface area contributed by atoms with Gasteiger partial charge in [-0.15, -0.1) is 0 Å². The normalized spacial score (nSPS) is 15.4. The lowest BCUT2D eigenvalue weighted by Gasteiger charge is -2.21. The van der Waals surface area contributed by atoms with Gasteiger partial charge in [0, 0.05) is 18.4 Å². The van der Waals surface area contributed by atoms with Crippen molar-refractivity contribution in [1.82, 2.24) is 4.98 Å². The van der Waals surface area contributed by atoms with Crippen LogP contribution < -0.4 is 4.90 Å². The first-order valence-corrected chi connectivity index (χ1v) is 6.67. The lowest BCUT2D eigenvalue weighted by Crippen LogP contribution is -2.16. The number of para-hydroxylation sites is 1. The molecule has 1 aromatic heterocycles. The van der Waals surface area contributed by atoms with Gasteiger partial charge in [-0.05, 0) is 49.1 Å². The number of aromatic nitrogens is 1. The predicted molar refractivity (Wildman–Crippen MR) is 76.8 cm³/mol. The highest BCUT2D eigenvalue weighted by molar-refractivity contribution is 5.69. The Morgan fingerprint density at radius 3 is 2.84 bits per heavy atom. The van der Waals surface area contributed by atoms with Crippen LogP contribution in [0.15, 0.2) is 36.5 Å². The minimum atomic E-state index is -0.467. The number of nitrogens with zero attached hydrogens (tertiary/aromatic N) is 2. The number of aliphatic hydroxyl groups is 1. The van der Waals surface area contributed by atoms with E-state index in [0.29, 0.717) is 0 Å². The van der Waals surface area contributed by atoms with Crippen LogP contribution in [0.25, 0.3) is 0 Å². The number of hydrogen-bond donors (Lipinski definition) is 1. The average Bonchev–Trinajstić information content (AvgIpc) is 2.82. The smallest absolute Gasteiger partial charge is 0.135 e. The van der Waals surface area contributed by atoms with Crippen molar-refractivity contribution in [2.24, 2.45) is 0 Å². The van der Waals surface area contributed by atoms with Gasteiger partial charge in [-0.25, -0.2) is 4.98 Å². The number of hydrogen-bond acceptors (Lipinski definition) is 3. The molecule has 0 fully saturated rings. The van der Waals surface area contributed by atoms with E-state index in [0.717, 1.165) is 29.9 Å². The number of aryl methyl sites for hydroxylation is 1. The van der Waals surface area contributed by atoms with E-state index in [1.807, 2.05) is 6.07 Å². The summed E-state index contributed by atoms with van der Waals surface area (Å²) < 4.78 is 0. The molecule has 0 saturated carbocycles. The first-order chi connectivity index (χ1) is 9.16. The first-order valence-electron chi connectivity index (χ1n) is 6.67. The van der Waals surface area contributed by atoms with Gasteiger partial charge in [0.25, 0.3) is 0 Å². The molecule has 1 N–H and O–H groups in total. The highest BCUT2D eigenvalue weighted by Gasteiger charge is 2.22. The van der Waals surface area contributed by atoms with Crippen LogP contribution in [0.1, 0.15) is 29.7 Å². The Hall–Kier alpha value is -1.87. The third-order valence-corrected chi connectivity index (χ3v) is 3.70. The van der Waals surface area contributed by atoms with Gasteiger partial charge in [0.2, 0.25) is 0 Å². The zero-order valence-electron chi connectivity index (χ0n) is 11.3. The van der Waals surface area contributed by atoms with E-state index >= 15 is 0 Å². The van der Waals surface area contributed by atoms with E-state index in [4.69, 9.17) is 0 Å². The quantitative estimate of drug-likeness (QED) is 0.894. The first kappa shape index (κ1) is 12.2. The van der Waals surface area contributed by atoms with Gasteiger partial charge in [0.15, 0.2) is 0 Å². The molecular weight excluding hydrogens is 236 g/mol. The molecule has 0 radical (unpaired) electrons. The van der Waals surface area contributed by atoms with Crippen LogP contribution >= 0.6 is 0 Å². The molecule has 19 heavy (non-hydrogen) atoms. The van der Waals surface area contributed by atoms with Crippen molar-refractivity contribution >= 4 is 11.5 Å². The Labute approximate surface area is 113 Å². The second-order valence-electron chi connectivity index (χ2n) is 5.12. The summed E-state index contributed by atoms with van der Waals surface area (Å²) >= 11 is 0. The molecule has 0 unspecified atom stereocenters. The summed E-state index contributed by atoms with van der Waals surface area (Å²) in [5, 5.41) is 9.61. The monoisotopic (exact) mass is 254 g/mol. The number of aliphatic hydroxyl groups excluding tert-OH is 1. The van der Waals surface area contributed by atoms with Crippen molar-refractivity contribution in [3.05, 3.63) is 53.2 Å². The van der Waals surface area contributed by atoms with Gasteiger partial charge in [0.05, 0.1) is 6.10 Å². The molecule has 0 saturated heterocycles. The molecule has 1 aromatic carbocycles. The molecule has 0 aliphatic carbocycles. The number of anilines is 2. The molecule has 0 bridgehead atoms. The van der Waals surface area contributed by atoms with Crippen LogP contribution in [0.3, 0.4) is 0 Å². The van der Waals surface area contributed by atoms with Crippen molar-refractivity contribution < 1.29 is 5.11 Å². The molecule has 98 valence electrons. The van der Waals surface area contributed by atoms with Crippen molar-refractivity contribution in [2.45, 2.75) is 26.4 Å². The lowest BCUT2D eigenvalue weighted by molar-refractivity contribution is 0.199. The minimum Gasteiger partial charge on any atom is -0.389 e. The molecular formula is C16H18N2O. The van der Waals surface area contributed by atoms with Crippen molar-refractivity contribution in [2.75, 3.05) is 11.4 Å². The fourth-order valence-corrected chi connectivity index (χ4v) is 2.66. The van der Waals surface area contributed by atoms with E-state index in [1.54, 1.807) is 13.1 Å².